The number of nitrogens with zero attached hydrogens (tertiary/aromatic N) is 1. The zero-order valence-electron chi connectivity index (χ0n) is 20.5. The summed E-state index contributed by atoms with van der Waals surface area (Å²) in [4.78, 5) is 29.0. The van der Waals surface area contributed by atoms with Crippen LogP contribution in [0.2, 0.25) is 0 Å². The lowest BCUT2D eigenvalue weighted by Crippen LogP contribution is -2.56. The molecule has 0 saturated carbocycles. The van der Waals surface area contributed by atoms with Gasteiger partial charge < -0.3 is 20.3 Å². The lowest BCUT2D eigenvalue weighted by atomic mass is 9.73. The number of hydrogen-bond acceptors (Lipinski definition) is 4. The highest BCUT2D eigenvalue weighted by Crippen LogP contribution is 2.38. The van der Waals surface area contributed by atoms with Gasteiger partial charge in [-0.1, -0.05) is 53.4 Å². The fraction of sp³-hybridized carbons (Fsp3) is 0.920. The molecule has 0 aromatic rings. The molecule has 2 amide bonds. The van der Waals surface area contributed by atoms with Gasteiger partial charge in [0.1, 0.15) is 6.04 Å². The van der Waals surface area contributed by atoms with Crippen molar-refractivity contribution in [2.24, 2.45) is 17.3 Å². The van der Waals surface area contributed by atoms with Gasteiger partial charge in [0.2, 0.25) is 11.8 Å². The molecule has 2 rings (SSSR count). The first-order chi connectivity index (χ1) is 15.0. The SMILES string of the molecule is CCC(CC)CN1CCC2(CCCCOCCCNC(=O)[C@H]([C@@H](C)CC)NC2=O)CC1. The predicted molar refractivity (Wildman–Crippen MR) is 126 cm³/mol. The molecule has 2 fully saturated rings. The third-order valence-electron chi connectivity index (χ3n) is 7.71. The van der Waals surface area contributed by atoms with E-state index in [1.165, 1.54) is 12.8 Å². The molecule has 2 heterocycles. The third kappa shape index (κ3) is 7.74. The number of nitrogens with one attached hydrogen (secondary N) is 2. The molecule has 2 saturated heterocycles. The van der Waals surface area contributed by atoms with Crippen molar-refractivity contribution in [3.8, 4) is 0 Å². The normalized spacial score (nSPS) is 25.6. The molecule has 6 nitrogen and oxygen atoms in total. The second-order valence-corrected chi connectivity index (χ2v) is 9.81. The van der Waals surface area contributed by atoms with Crippen molar-refractivity contribution >= 4 is 11.8 Å². The Balaban J connectivity index is 2.12. The molecular formula is C25H47N3O3. The molecule has 0 aromatic heterocycles. The van der Waals surface area contributed by atoms with E-state index in [0.29, 0.717) is 13.2 Å². The Labute approximate surface area is 190 Å². The van der Waals surface area contributed by atoms with Crippen LogP contribution in [0.4, 0.5) is 0 Å². The maximum Gasteiger partial charge on any atom is 0.242 e. The molecule has 2 aliphatic rings. The van der Waals surface area contributed by atoms with Gasteiger partial charge in [-0.25, -0.2) is 0 Å². The topological polar surface area (TPSA) is 70.7 Å². The van der Waals surface area contributed by atoms with Crippen LogP contribution in [-0.4, -0.2) is 62.1 Å². The zero-order chi connectivity index (χ0) is 22.7. The molecule has 2 aliphatic heterocycles. The van der Waals surface area contributed by atoms with Gasteiger partial charge in [-0.2, -0.15) is 0 Å². The molecule has 6 heteroatoms. The number of piperidine rings is 1. The van der Waals surface area contributed by atoms with Crippen molar-refractivity contribution in [3.05, 3.63) is 0 Å². The van der Waals surface area contributed by atoms with Crippen molar-refractivity contribution in [3.63, 3.8) is 0 Å². The van der Waals surface area contributed by atoms with Crippen molar-refractivity contribution in [2.45, 2.75) is 91.5 Å². The first-order valence-corrected chi connectivity index (χ1v) is 12.8. The Morgan fingerprint density at radius 3 is 2.32 bits per heavy atom. The highest BCUT2D eigenvalue weighted by molar-refractivity contribution is 5.90. The van der Waals surface area contributed by atoms with Crippen LogP contribution in [0.15, 0.2) is 0 Å². The van der Waals surface area contributed by atoms with Gasteiger partial charge in [-0.05, 0) is 57.0 Å². The van der Waals surface area contributed by atoms with Crippen LogP contribution in [0.1, 0.15) is 85.5 Å². The highest BCUT2D eigenvalue weighted by atomic mass is 16.5. The van der Waals surface area contributed by atoms with Gasteiger partial charge in [0.05, 0.1) is 5.41 Å². The Bertz CT molecular complexity index is 542. The standard InChI is InChI=1S/C25H47N3O3/c1-5-20(4)22-23(29)26-14-10-18-31-17-9-8-11-25(24(30)27-22)12-15-28(16-13-25)19-21(6-2)7-3/h20-22H,5-19H2,1-4H3,(H,26,29)(H,27,30)/t20-,22-/m0/s1. The predicted octanol–water partition coefficient (Wildman–Crippen LogP) is 3.74. The Morgan fingerprint density at radius 2 is 1.68 bits per heavy atom. The smallest absolute Gasteiger partial charge is 0.242 e. The first kappa shape index (κ1) is 26.1. The van der Waals surface area contributed by atoms with E-state index >= 15 is 0 Å². The Hall–Kier alpha value is -1.14. The van der Waals surface area contributed by atoms with Gasteiger partial charge in [0.15, 0.2) is 0 Å². The molecule has 2 N–H and O–H groups in total. The summed E-state index contributed by atoms with van der Waals surface area (Å²) in [6.07, 6.45) is 8.74. The van der Waals surface area contributed by atoms with Crippen LogP contribution in [0.3, 0.4) is 0 Å². The van der Waals surface area contributed by atoms with Crippen LogP contribution >= 0.6 is 0 Å². The van der Waals surface area contributed by atoms with Crippen LogP contribution in [0, 0.1) is 17.3 Å². The minimum absolute atomic E-state index is 0.0546. The molecule has 0 bridgehead atoms. The summed E-state index contributed by atoms with van der Waals surface area (Å²) in [5.74, 6) is 0.886. The fourth-order valence-corrected chi connectivity index (χ4v) is 4.93. The molecule has 0 aliphatic carbocycles. The monoisotopic (exact) mass is 437 g/mol. The summed E-state index contributed by atoms with van der Waals surface area (Å²) in [7, 11) is 0. The van der Waals surface area contributed by atoms with Crippen molar-refractivity contribution in [2.75, 3.05) is 39.4 Å². The van der Waals surface area contributed by atoms with Gasteiger partial charge in [0.25, 0.3) is 0 Å². The van der Waals surface area contributed by atoms with E-state index in [4.69, 9.17) is 4.74 Å². The maximum atomic E-state index is 13.6. The summed E-state index contributed by atoms with van der Waals surface area (Å²) in [6, 6.07) is -0.458. The molecule has 0 radical (unpaired) electrons. The quantitative estimate of drug-likeness (QED) is 0.664. The van der Waals surface area contributed by atoms with Gasteiger partial charge in [-0.15, -0.1) is 0 Å². The number of carbonyl (C=O) groups excluding carboxylic acids is 2. The fourth-order valence-electron chi connectivity index (χ4n) is 4.93. The number of rotatable bonds is 6. The van der Waals surface area contributed by atoms with Crippen LogP contribution in [0.25, 0.3) is 0 Å². The maximum absolute atomic E-state index is 13.6. The third-order valence-corrected chi connectivity index (χ3v) is 7.71. The lowest BCUT2D eigenvalue weighted by Gasteiger charge is -2.42. The number of ether oxygens (including phenoxy) is 1. The number of likely N-dealkylation sites (tertiary alicyclic amines) is 1. The van der Waals surface area contributed by atoms with Gasteiger partial charge in [-0.3, -0.25) is 9.59 Å². The molecule has 31 heavy (non-hydrogen) atoms. The second-order valence-electron chi connectivity index (χ2n) is 9.81. The van der Waals surface area contributed by atoms with Crippen LogP contribution in [-0.2, 0) is 14.3 Å². The van der Waals surface area contributed by atoms with E-state index in [2.05, 4.69) is 43.2 Å². The summed E-state index contributed by atoms with van der Waals surface area (Å²) in [6.45, 7) is 13.8. The molecule has 180 valence electrons. The molecule has 1 spiro atoms. The zero-order valence-corrected chi connectivity index (χ0v) is 20.5. The number of amides is 2. The van der Waals surface area contributed by atoms with Crippen molar-refractivity contribution in [1.82, 2.24) is 15.5 Å². The Kier molecular flexibility index (Phi) is 11.3. The number of carbonyl (C=O) groups is 2. The summed E-state index contributed by atoms with van der Waals surface area (Å²) < 4.78 is 5.74. The minimum atomic E-state index is -0.458. The van der Waals surface area contributed by atoms with Gasteiger partial charge >= 0.3 is 0 Å². The van der Waals surface area contributed by atoms with E-state index in [9.17, 15) is 9.59 Å². The molecular weight excluding hydrogens is 390 g/mol. The lowest BCUT2D eigenvalue weighted by molar-refractivity contribution is -0.139. The van der Waals surface area contributed by atoms with Crippen LogP contribution in [0.5, 0.6) is 0 Å². The Morgan fingerprint density at radius 1 is 1.00 bits per heavy atom. The van der Waals surface area contributed by atoms with E-state index in [1.54, 1.807) is 0 Å². The second kappa shape index (κ2) is 13.4. The largest absolute Gasteiger partial charge is 0.381 e. The molecule has 0 unspecified atom stereocenters. The van der Waals surface area contributed by atoms with E-state index in [1.807, 2.05) is 0 Å². The minimum Gasteiger partial charge on any atom is -0.381 e. The van der Waals surface area contributed by atoms with E-state index in [-0.39, 0.29) is 23.1 Å². The number of hydrogen-bond donors (Lipinski definition) is 2. The molecule has 2 atom stereocenters. The van der Waals surface area contributed by atoms with E-state index in [0.717, 1.165) is 77.1 Å². The molecule has 0 aromatic carbocycles. The van der Waals surface area contributed by atoms with Crippen molar-refractivity contribution < 1.29 is 14.3 Å². The van der Waals surface area contributed by atoms with Gasteiger partial charge in [0, 0.05) is 26.3 Å². The average Bonchev–Trinajstić information content (AvgIpc) is 2.79. The van der Waals surface area contributed by atoms with Crippen LogP contribution < -0.4 is 10.6 Å². The summed E-state index contributed by atoms with van der Waals surface area (Å²) in [5, 5.41) is 6.22. The first-order valence-electron chi connectivity index (χ1n) is 12.8. The average molecular weight is 438 g/mol. The highest BCUT2D eigenvalue weighted by Gasteiger charge is 2.42. The van der Waals surface area contributed by atoms with Crippen molar-refractivity contribution in [1.29, 1.82) is 0 Å². The van der Waals surface area contributed by atoms with E-state index < -0.39 is 6.04 Å². The summed E-state index contributed by atoms with van der Waals surface area (Å²) >= 11 is 0. The summed E-state index contributed by atoms with van der Waals surface area (Å²) in [5.41, 5.74) is -0.361.